The molecule has 1 aromatic carbocycles. The highest BCUT2D eigenvalue weighted by molar-refractivity contribution is 6.31. The van der Waals surface area contributed by atoms with E-state index in [0.717, 1.165) is 36.8 Å². The topological polar surface area (TPSA) is 113 Å². The lowest BCUT2D eigenvalue weighted by atomic mass is 9.76. The van der Waals surface area contributed by atoms with E-state index in [1.54, 1.807) is 6.20 Å². The van der Waals surface area contributed by atoms with Crippen LogP contribution in [0.5, 0.6) is 0 Å². The fraction of sp³-hybridized carbons (Fsp3) is 0.464. The normalized spacial score (nSPS) is 20.7. The minimum Gasteiger partial charge on any atom is -0.512 e. The molecule has 10 heteroatoms. The van der Waals surface area contributed by atoms with Gasteiger partial charge in [-0.25, -0.2) is 14.3 Å². The Hall–Kier alpha value is -3.15. The first kappa shape index (κ1) is 26.5. The molecule has 0 spiro atoms. The van der Waals surface area contributed by atoms with Gasteiger partial charge in [-0.1, -0.05) is 48.2 Å². The van der Waals surface area contributed by atoms with Gasteiger partial charge in [0.05, 0.1) is 34.5 Å². The molecule has 198 valence electrons. The van der Waals surface area contributed by atoms with Crippen molar-refractivity contribution in [2.75, 3.05) is 0 Å². The molecule has 1 N–H and O–H groups in total. The average molecular weight is 554 g/mol. The van der Waals surface area contributed by atoms with E-state index < -0.39 is 17.0 Å². The van der Waals surface area contributed by atoms with E-state index in [0.29, 0.717) is 34.5 Å². The van der Waals surface area contributed by atoms with E-state index in [2.05, 4.69) is 21.1 Å². The number of cyclic esters (lactones) is 1. The van der Waals surface area contributed by atoms with E-state index in [1.807, 2.05) is 32.0 Å². The maximum Gasteiger partial charge on any atom is 0.338 e. The Bertz CT molecular complexity index is 1470. The number of carbonyl (C=O) groups is 1. The Labute approximate surface area is 231 Å². The van der Waals surface area contributed by atoms with Gasteiger partial charge in [0.25, 0.3) is 5.78 Å². The third kappa shape index (κ3) is 5.10. The Morgan fingerprint density at radius 2 is 2.05 bits per heavy atom. The second-order valence-electron chi connectivity index (χ2n) is 10.8. The van der Waals surface area contributed by atoms with Crippen LogP contribution in [0, 0.1) is 17.2 Å². The molecular weight excluding hydrogens is 525 g/mol. The van der Waals surface area contributed by atoms with Gasteiger partial charge < -0.3 is 9.84 Å². The summed E-state index contributed by atoms with van der Waals surface area (Å²) in [5.74, 6) is 0.373. The lowest BCUT2D eigenvalue weighted by Gasteiger charge is -2.41. The Kier molecular flexibility index (Phi) is 7.10. The van der Waals surface area contributed by atoms with Crippen LogP contribution >= 0.6 is 23.2 Å². The molecule has 8 nitrogen and oxygen atoms in total. The summed E-state index contributed by atoms with van der Waals surface area (Å²) in [7, 11) is 0. The van der Waals surface area contributed by atoms with E-state index in [1.165, 1.54) is 10.7 Å². The predicted octanol–water partition coefficient (Wildman–Crippen LogP) is 6.10. The van der Waals surface area contributed by atoms with Crippen LogP contribution in [-0.4, -0.2) is 36.3 Å². The van der Waals surface area contributed by atoms with Crippen molar-refractivity contribution in [3.05, 3.63) is 68.9 Å². The number of aliphatic hydroxyl groups excluding tert-OH is 1. The Balaban J connectivity index is 1.38. The summed E-state index contributed by atoms with van der Waals surface area (Å²) in [6, 6.07) is 8.05. The van der Waals surface area contributed by atoms with Gasteiger partial charge in [0, 0.05) is 17.9 Å². The van der Waals surface area contributed by atoms with Crippen molar-refractivity contribution in [3.63, 3.8) is 0 Å². The summed E-state index contributed by atoms with van der Waals surface area (Å²) in [5.41, 5.74) is 0.467. The van der Waals surface area contributed by atoms with Crippen molar-refractivity contribution >= 4 is 34.9 Å². The molecule has 0 bridgehead atoms. The second-order valence-corrected chi connectivity index (χ2v) is 11.7. The summed E-state index contributed by atoms with van der Waals surface area (Å²) in [6.07, 6.45) is 8.59. The molecule has 3 heterocycles. The largest absolute Gasteiger partial charge is 0.512 e. The van der Waals surface area contributed by atoms with Gasteiger partial charge in [-0.3, -0.25) is 0 Å². The van der Waals surface area contributed by atoms with Gasteiger partial charge in [-0.15, -0.1) is 5.10 Å². The highest BCUT2D eigenvalue weighted by atomic mass is 35.5. The molecule has 1 fully saturated rings. The zero-order chi connectivity index (χ0) is 27.1. The second kappa shape index (κ2) is 10.2. The minimum absolute atomic E-state index is 0.0298. The van der Waals surface area contributed by atoms with Gasteiger partial charge in [0.15, 0.2) is 5.82 Å². The summed E-state index contributed by atoms with van der Waals surface area (Å²) >= 11 is 12.5. The SMILES string of the molecule is CC(C)(C#N)c1ccc(CCC2(C3CCCC3)CC(O)=C(Cc3nc4ncc(Cl)cn4n3)C(=O)O2)cc1Cl. The van der Waals surface area contributed by atoms with Crippen LogP contribution in [-0.2, 0) is 27.8 Å². The zero-order valence-electron chi connectivity index (χ0n) is 21.4. The molecule has 2 aromatic heterocycles. The maximum atomic E-state index is 13.3. The Morgan fingerprint density at radius 1 is 1.29 bits per heavy atom. The molecule has 0 radical (unpaired) electrons. The number of hydrogen-bond donors (Lipinski definition) is 1. The highest BCUT2D eigenvalue weighted by Crippen LogP contribution is 2.46. The number of halogens is 2. The number of aryl methyl sites for hydroxylation is 1. The van der Waals surface area contributed by atoms with Crippen LogP contribution in [0.2, 0.25) is 10.0 Å². The van der Waals surface area contributed by atoms with Gasteiger partial charge in [-0.2, -0.15) is 10.2 Å². The van der Waals surface area contributed by atoms with E-state index in [-0.39, 0.29) is 30.1 Å². The molecule has 1 aliphatic heterocycles. The first-order chi connectivity index (χ1) is 18.1. The van der Waals surface area contributed by atoms with Crippen LogP contribution in [0.15, 0.2) is 41.9 Å². The quantitative estimate of drug-likeness (QED) is 0.351. The Morgan fingerprint density at radius 3 is 2.74 bits per heavy atom. The van der Waals surface area contributed by atoms with Crippen LogP contribution in [0.25, 0.3) is 5.78 Å². The molecule has 1 unspecified atom stereocenters. The first-order valence-corrected chi connectivity index (χ1v) is 13.6. The molecule has 2 aliphatic rings. The molecule has 38 heavy (non-hydrogen) atoms. The number of hydrogen-bond acceptors (Lipinski definition) is 7. The summed E-state index contributed by atoms with van der Waals surface area (Å²) in [5, 5.41) is 25.9. The first-order valence-electron chi connectivity index (χ1n) is 12.8. The van der Waals surface area contributed by atoms with Crippen molar-refractivity contribution in [3.8, 4) is 6.07 Å². The van der Waals surface area contributed by atoms with Crippen molar-refractivity contribution in [1.82, 2.24) is 19.6 Å². The molecule has 0 saturated heterocycles. The highest BCUT2D eigenvalue weighted by Gasteiger charge is 2.48. The fourth-order valence-electron chi connectivity index (χ4n) is 5.66. The summed E-state index contributed by atoms with van der Waals surface area (Å²) in [4.78, 5) is 21.8. The third-order valence-corrected chi connectivity index (χ3v) is 8.33. The number of ether oxygens (including phenoxy) is 1. The van der Waals surface area contributed by atoms with Gasteiger partial charge >= 0.3 is 5.97 Å². The molecule has 5 rings (SSSR count). The minimum atomic E-state index is -0.792. The van der Waals surface area contributed by atoms with E-state index >= 15 is 0 Å². The number of carbonyl (C=O) groups excluding carboxylic acids is 1. The molecule has 0 amide bonds. The van der Waals surface area contributed by atoms with E-state index in [9.17, 15) is 15.2 Å². The van der Waals surface area contributed by atoms with Crippen molar-refractivity contribution in [2.24, 2.45) is 5.92 Å². The van der Waals surface area contributed by atoms with Crippen LogP contribution in [0.1, 0.15) is 69.3 Å². The summed E-state index contributed by atoms with van der Waals surface area (Å²) in [6.45, 7) is 3.68. The number of aromatic nitrogens is 4. The lowest BCUT2D eigenvalue weighted by molar-refractivity contribution is -0.167. The predicted molar refractivity (Wildman–Crippen MR) is 143 cm³/mol. The number of benzene rings is 1. The average Bonchev–Trinajstić information content (AvgIpc) is 3.55. The molecule has 1 saturated carbocycles. The number of esters is 1. The number of fused-ring (bicyclic) bond motifs is 1. The van der Waals surface area contributed by atoms with Crippen molar-refractivity contribution in [2.45, 2.75) is 76.2 Å². The molecule has 1 aliphatic carbocycles. The zero-order valence-corrected chi connectivity index (χ0v) is 22.9. The fourth-order valence-corrected chi connectivity index (χ4v) is 6.24. The van der Waals surface area contributed by atoms with Gasteiger partial charge in [-0.05, 0) is 62.6 Å². The van der Waals surface area contributed by atoms with Gasteiger partial charge in [0.1, 0.15) is 11.4 Å². The number of aliphatic hydroxyl groups is 1. The standard InChI is InChI=1S/C28H29Cl2N5O3/c1-27(2,16-31)21-8-7-17(11-22(21)30)9-10-28(18-5-3-4-6-18)13-23(36)20(25(37)38-28)12-24-33-26-32-14-19(29)15-35(26)34-24/h7-8,11,14-15,18,36H,3-6,9-10,12-13H2,1-2H3. The molecule has 1 atom stereocenters. The van der Waals surface area contributed by atoms with Crippen LogP contribution in [0.3, 0.4) is 0 Å². The number of nitrogens with zero attached hydrogens (tertiary/aromatic N) is 5. The van der Waals surface area contributed by atoms with Crippen molar-refractivity contribution < 1.29 is 14.6 Å². The number of nitriles is 1. The van der Waals surface area contributed by atoms with Crippen LogP contribution in [0.4, 0.5) is 0 Å². The summed E-state index contributed by atoms with van der Waals surface area (Å²) < 4.78 is 7.67. The number of rotatable bonds is 7. The van der Waals surface area contributed by atoms with Gasteiger partial charge in [0.2, 0.25) is 0 Å². The maximum absolute atomic E-state index is 13.3. The smallest absolute Gasteiger partial charge is 0.338 e. The van der Waals surface area contributed by atoms with Crippen molar-refractivity contribution in [1.29, 1.82) is 5.26 Å². The molecular formula is C28H29Cl2N5O3. The third-order valence-electron chi connectivity index (χ3n) is 7.82. The van der Waals surface area contributed by atoms with E-state index in [4.69, 9.17) is 27.9 Å². The lowest BCUT2D eigenvalue weighted by Crippen LogP contribution is -2.46. The monoisotopic (exact) mass is 553 g/mol. The molecule has 3 aromatic rings. The van der Waals surface area contributed by atoms with Crippen LogP contribution < -0.4 is 0 Å².